The van der Waals surface area contributed by atoms with Gasteiger partial charge >= 0.3 is 0 Å². The summed E-state index contributed by atoms with van der Waals surface area (Å²) in [4.78, 5) is 10.7. The van der Waals surface area contributed by atoms with Crippen molar-refractivity contribution in [2.75, 3.05) is 0 Å². The molecule has 0 saturated carbocycles. The van der Waals surface area contributed by atoms with Crippen LogP contribution in [0.3, 0.4) is 0 Å². The molecule has 4 heterocycles. The quantitative estimate of drug-likeness (QED) is 0.175. The Morgan fingerprint density at radius 3 is 1.61 bits per heavy atom. The molecule has 342 valence electrons. The molecule has 7 heteroatoms. The van der Waals surface area contributed by atoms with E-state index in [9.17, 15) is 5.11 Å². The molecule has 0 radical (unpaired) electrons. The van der Waals surface area contributed by atoms with Gasteiger partial charge in [0.1, 0.15) is 11.6 Å². The third-order valence-corrected chi connectivity index (χ3v) is 13.3. The molecule has 67 heavy (non-hydrogen) atoms. The third-order valence-electron chi connectivity index (χ3n) is 13.3. The molecule has 0 fully saturated rings. The van der Waals surface area contributed by atoms with Gasteiger partial charge in [-0.2, -0.15) is 6.07 Å². The van der Waals surface area contributed by atoms with E-state index in [1.165, 1.54) is 11.1 Å². The van der Waals surface area contributed by atoms with Crippen LogP contribution in [0.4, 0.5) is 0 Å². The van der Waals surface area contributed by atoms with E-state index in [-0.39, 0.29) is 48.5 Å². The Bertz CT molecular complexity index is 3520. The molecule has 0 atom stereocenters. The summed E-state index contributed by atoms with van der Waals surface area (Å²) in [6.07, 6.45) is 4.08. The first-order valence-electron chi connectivity index (χ1n) is 23.2. The SMILES string of the molecule is CC(C)(C)c1ccnc(-n2c3[c-]c4c(cc3c3ccccc32)c2ccccc2n4-c2cn(-c3ccc(C(C)(C)C)cc3-c3ccccc3)c(-c3cc(C(C)(C)C)cc(C(C)(C)C)c3O)n2)c1.[Pt]. The molecular formula is C60H60N5OPt-. The maximum absolute atomic E-state index is 12.6. The number of hydrogen-bond acceptors (Lipinski definition) is 3. The number of para-hydroxylation sites is 2. The minimum absolute atomic E-state index is 0. The number of aromatic nitrogens is 5. The molecule has 0 aliphatic heterocycles. The Labute approximate surface area is 409 Å². The summed E-state index contributed by atoms with van der Waals surface area (Å²) in [5, 5.41) is 17.0. The predicted molar refractivity (Wildman–Crippen MR) is 276 cm³/mol. The fourth-order valence-corrected chi connectivity index (χ4v) is 9.53. The Morgan fingerprint density at radius 1 is 0.493 bits per heavy atom. The van der Waals surface area contributed by atoms with Gasteiger partial charge in [0.2, 0.25) is 0 Å². The number of aromatic hydroxyl groups is 1. The molecule has 6 nitrogen and oxygen atoms in total. The summed E-state index contributed by atoms with van der Waals surface area (Å²) in [5.74, 6) is 2.48. The number of nitrogens with zero attached hydrogens (tertiary/aromatic N) is 5. The zero-order valence-corrected chi connectivity index (χ0v) is 43.1. The van der Waals surface area contributed by atoms with E-state index in [1.807, 2.05) is 6.20 Å². The molecule has 0 amide bonds. The van der Waals surface area contributed by atoms with E-state index < -0.39 is 0 Å². The number of fused-ring (bicyclic) bond motifs is 6. The summed E-state index contributed by atoms with van der Waals surface area (Å²) in [5.41, 5.74) is 11.6. The number of phenols is 1. The second-order valence-corrected chi connectivity index (χ2v) is 22.2. The zero-order chi connectivity index (χ0) is 46.7. The maximum atomic E-state index is 12.6. The topological polar surface area (TPSA) is 60.8 Å². The van der Waals surface area contributed by atoms with Gasteiger partial charge in [0.25, 0.3) is 0 Å². The summed E-state index contributed by atoms with van der Waals surface area (Å²) in [7, 11) is 0. The second-order valence-electron chi connectivity index (χ2n) is 22.2. The molecule has 4 aromatic heterocycles. The Balaban J connectivity index is 0.00000562. The number of hydrogen-bond donors (Lipinski definition) is 1. The van der Waals surface area contributed by atoms with Gasteiger partial charge in [0, 0.05) is 49.4 Å². The van der Waals surface area contributed by atoms with Gasteiger partial charge in [-0.3, -0.25) is 4.57 Å². The van der Waals surface area contributed by atoms with Crippen LogP contribution < -0.4 is 0 Å². The third kappa shape index (κ3) is 7.91. The van der Waals surface area contributed by atoms with Gasteiger partial charge in [-0.1, -0.05) is 173 Å². The first-order valence-corrected chi connectivity index (χ1v) is 23.2. The fraction of sp³-hybridized carbons (Fsp3) is 0.267. The first kappa shape index (κ1) is 45.9. The van der Waals surface area contributed by atoms with Gasteiger partial charge in [-0.05, 0) is 97.2 Å². The molecule has 10 rings (SSSR count). The largest absolute Gasteiger partial charge is 0.507 e. The molecule has 0 bridgehead atoms. The van der Waals surface area contributed by atoms with E-state index in [1.54, 1.807) is 0 Å². The second kappa shape index (κ2) is 16.2. The zero-order valence-electron chi connectivity index (χ0n) is 40.8. The van der Waals surface area contributed by atoms with Crippen LogP contribution in [0.15, 0.2) is 140 Å². The molecule has 0 aliphatic carbocycles. The average Bonchev–Trinajstić information content (AvgIpc) is 3.94. The van der Waals surface area contributed by atoms with Gasteiger partial charge in [-0.15, -0.1) is 16.8 Å². The summed E-state index contributed by atoms with van der Waals surface area (Å²) < 4.78 is 6.72. The van der Waals surface area contributed by atoms with Crippen LogP contribution in [0.2, 0.25) is 0 Å². The van der Waals surface area contributed by atoms with Crippen molar-refractivity contribution in [3.8, 4) is 45.6 Å². The van der Waals surface area contributed by atoms with Crippen molar-refractivity contribution in [2.24, 2.45) is 0 Å². The number of rotatable bonds is 5. The van der Waals surface area contributed by atoms with Crippen LogP contribution in [0.5, 0.6) is 5.75 Å². The molecule has 0 aliphatic rings. The molecule has 0 saturated heterocycles. The molecular weight excluding hydrogens is 1000 g/mol. The number of pyridine rings is 1. The normalized spacial score (nSPS) is 12.7. The first-order chi connectivity index (χ1) is 31.2. The molecule has 0 unspecified atom stereocenters. The van der Waals surface area contributed by atoms with Crippen LogP contribution in [0.25, 0.3) is 83.4 Å². The van der Waals surface area contributed by atoms with Gasteiger partial charge < -0.3 is 14.2 Å². The van der Waals surface area contributed by atoms with Crippen LogP contribution in [-0.4, -0.2) is 28.8 Å². The Kier molecular flexibility index (Phi) is 11.1. The van der Waals surface area contributed by atoms with E-state index in [0.29, 0.717) is 11.4 Å². The smallest absolute Gasteiger partial charge is 0.155 e. The van der Waals surface area contributed by atoms with Crippen LogP contribution in [0.1, 0.15) is 105 Å². The number of benzene rings is 6. The molecule has 0 spiro atoms. The maximum Gasteiger partial charge on any atom is 0.155 e. The monoisotopic (exact) mass is 1060 g/mol. The van der Waals surface area contributed by atoms with Crippen molar-refractivity contribution in [2.45, 2.75) is 105 Å². The van der Waals surface area contributed by atoms with Gasteiger partial charge in [0.15, 0.2) is 11.6 Å². The van der Waals surface area contributed by atoms with Crippen molar-refractivity contribution in [3.05, 3.63) is 168 Å². The minimum atomic E-state index is -0.337. The summed E-state index contributed by atoms with van der Waals surface area (Å²) >= 11 is 0. The standard InChI is InChI=1S/C60H60N5O.Pt/c1-57(2,3)38-26-27-48(43(30-38)37-20-14-13-15-21-37)63-36-54(62-56(63)46-31-40(59(7,8)9)32-47(55(46)66)60(10,11)12)65-50-25-19-17-23-42(50)45-34-44-41-22-16-18-24-49(41)64(51(44)35-52(45)65)53-33-39(28-29-61-53)58(4,5)6;/h13-34,36,66H,1-12H3;/q-1;. The average molecular weight is 1060 g/mol. The van der Waals surface area contributed by atoms with E-state index in [2.05, 4.69) is 236 Å². The van der Waals surface area contributed by atoms with Gasteiger partial charge in [-0.25, -0.2) is 9.97 Å². The van der Waals surface area contributed by atoms with Gasteiger partial charge in [0.05, 0.1) is 17.4 Å². The van der Waals surface area contributed by atoms with Crippen molar-refractivity contribution >= 4 is 43.6 Å². The van der Waals surface area contributed by atoms with Crippen molar-refractivity contribution in [1.29, 1.82) is 0 Å². The fourth-order valence-electron chi connectivity index (χ4n) is 9.53. The van der Waals surface area contributed by atoms with Crippen LogP contribution in [-0.2, 0) is 42.7 Å². The van der Waals surface area contributed by atoms with Crippen molar-refractivity contribution in [3.63, 3.8) is 0 Å². The minimum Gasteiger partial charge on any atom is -0.507 e. The summed E-state index contributed by atoms with van der Waals surface area (Å²) in [6.45, 7) is 26.7. The summed E-state index contributed by atoms with van der Waals surface area (Å²) in [6, 6.07) is 49.6. The molecule has 6 aromatic carbocycles. The Hall–Kier alpha value is -6.23. The van der Waals surface area contributed by atoms with E-state index in [0.717, 1.165) is 83.2 Å². The predicted octanol–water partition coefficient (Wildman–Crippen LogP) is 15.5. The Morgan fingerprint density at radius 2 is 1.03 bits per heavy atom. The molecule has 1 N–H and O–H groups in total. The number of phenolic OH excluding ortho intramolecular Hbond substituents is 1. The van der Waals surface area contributed by atoms with Crippen molar-refractivity contribution in [1.82, 2.24) is 23.7 Å². The van der Waals surface area contributed by atoms with E-state index >= 15 is 0 Å². The van der Waals surface area contributed by atoms with Crippen molar-refractivity contribution < 1.29 is 26.2 Å². The van der Waals surface area contributed by atoms with Crippen LogP contribution >= 0.6 is 0 Å². The van der Waals surface area contributed by atoms with Crippen LogP contribution in [0, 0.1) is 6.07 Å². The molecule has 10 aromatic rings. The number of imidazole rings is 1. The van der Waals surface area contributed by atoms with E-state index in [4.69, 9.17) is 9.97 Å².